The number of sulfonamides is 1. The summed E-state index contributed by atoms with van der Waals surface area (Å²) in [6.45, 7) is 5.81. The molecule has 0 bridgehead atoms. The first-order valence-corrected chi connectivity index (χ1v) is 9.39. The summed E-state index contributed by atoms with van der Waals surface area (Å²) in [5.74, 6) is 0.714. The molecule has 0 fully saturated rings. The number of hydrogen-bond donors (Lipinski definition) is 1. The molecular formula is C20H19NO3S. The Bertz CT molecular complexity index is 1000. The monoisotopic (exact) mass is 353 g/mol. The number of benzene rings is 2. The van der Waals surface area contributed by atoms with E-state index in [4.69, 9.17) is 9.56 Å². The predicted octanol–water partition coefficient (Wildman–Crippen LogP) is 4.55. The van der Waals surface area contributed by atoms with Crippen LogP contribution in [0, 0.1) is 0 Å². The first-order valence-electron chi connectivity index (χ1n) is 7.85. The Balaban J connectivity index is 2.33. The van der Waals surface area contributed by atoms with E-state index < -0.39 is 10.0 Å². The standard InChI is InChI=1S/C20H19NO3S/c1-3-14(2)20-19(15-9-5-4-6-10-15)17(13-24-20)16-11-7-8-12-18(16)25(21,22)23/h3-14H,1H2,2H3,(H2,21,22,23). The van der Waals surface area contributed by atoms with Crippen LogP contribution in [-0.4, -0.2) is 8.42 Å². The molecule has 0 aliphatic heterocycles. The lowest BCUT2D eigenvalue weighted by molar-refractivity contribution is 0.501. The zero-order valence-corrected chi connectivity index (χ0v) is 14.7. The van der Waals surface area contributed by atoms with E-state index in [1.54, 1.807) is 30.5 Å². The number of hydrogen-bond acceptors (Lipinski definition) is 3. The van der Waals surface area contributed by atoms with Crippen molar-refractivity contribution in [3.05, 3.63) is 79.3 Å². The second-order valence-electron chi connectivity index (χ2n) is 5.82. The Morgan fingerprint density at radius 1 is 1.04 bits per heavy atom. The SMILES string of the molecule is C=CC(C)c1occ(-c2ccccc2S(N)(=O)=O)c1-c1ccccc1. The fourth-order valence-electron chi connectivity index (χ4n) is 2.85. The zero-order valence-electron chi connectivity index (χ0n) is 13.8. The lowest BCUT2D eigenvalue weighted by atomic mass is 9.93. The van der Waals surface area contributed by atoms with Crippen molar-refractivity contribution in [1.29, 1.82) is 0 Å². The molecule has 128 valence electrons. The Hall–Kier alpha value is -2.63. The van der Waals surface area contributed by atoms with Crippen molar-refractivity contribution in [2.45, 2.75) is 17.7 Å². The van der Waals surface area contributed by atoms with Crippen LogP contribution in [0.3, 0.4) is 0 Å². The van der Waals surface area contributed by atoms with Crippen molar-refractivity contribution >= 4 is 10.0 Å². The van der Waals surface area contributed by atoms with Gasteiger partial charge in [-0.1, -0.05) is 61.5 Å². The summed E-state index contributed by atoms with van der Waals surface area (Å²) in [6.07, 6.45) is 3.38. The third-order valence-corrected chi connectivity index (χ3v) is 5.10. The Labute approximate surface area is 147 Å². The molecule has 0 saturated heterocycles. The molecule has 5 heteroatoms. The zero-order chi connectivity index (χ0) is 18.0. The minimum atomic E-state index is -3.86. The number of rotatable bonds is 5. The van der Waals surface area contributed by atoms with Crippen LogP contribution in [-0.2, 0) is 10.0 Å². The smallest absolute Gasteiger partial charge is 0.238 e. The molecule has 2 aromatic carbocycles. The van der Waals surface area contributed by atoms with E-state index in [0.29, 0.717) is 11.1 Å². The van der Waals surface area contributed by atoms with Gasteiger partial charge in [0.25, 0.3) is 0 Å². The van der Waals surface area contributed by atoms with Crippen LogP contribution in [0.5, 0.6) is 0 Å². The second-order valence-corrected chi connectivity index (χ2v) is 7.35. The summed E-state index contributed by atoms with van der Waals surface area (Å²) in [5.41, 5.74) is 3.01. The van der Waals surface area contributed by atoms with Crippen molar-refractivity contribution in [1.82, 2.24) is 0 Å². The number of primary sulfonamides is 1. The molecule has 0 amide bonds. The predicted molar refractivity (Wildman–Crippen MR) is 99.6 cm³/mol. The lowest BCUT2D eigenvalue weighted by Crippen LogP contribution is -2.13. The molecule has 1 heterocycles. The summed E-state index contributed by atoms with van der Waals surface area (Å²) in [4.78, 5) is 0.0748. The van der Waals surface area contributed by atoms with Crippen LogP contribution < -0.4 is 5.14 Å². The maximum Gasteiger partial charge on any atom is 0.238 e. The van der Waals surface area contributed by atoms with Gasteiger partial charge in [-0.3, -0.25) is 0 Å². The fraction of sp³-hybridized carbons (Fsp3) is 0.100. The van der Waals surface area contributed by atoms with Gasteiger partial charge < -0.3 is 4.42 Å². The molecule has 0 aliphatic rings. The summed E-state index contributed by atoms with van der Waals surface area (Å²) in [6, 6.07) is 16.4. The normalized spacial score (nSPS) is 12.7. The molecule has 0 aliphatic carbocycles. The summed E-state index contributed by atoms with van der Waals surface area (Å²) in [5, 5.41) is 5.40. The quantitative estimate of drug-likeness (QED) is 0.684. The largest absolute Gasteiger partial charge is 0.467 e. The van der Waals surface area contributed by atoms with Gasteiger partial charge in [0.15, 0.2) is 0 Å². The van der Waals surface area contributed by atoms with Crippen LogP contribution in [0.1, 0.15) is 18.6 Å². The Morgan fingerprint density at radius 3 is 2.32 bits per heavy atom. The van der Waals surface area contributed by atoms with E-state index in [-0.39, 0.29) is 10.8 Å². The van der Waals surface area contributed by atoms with Gasteiger partial charge in [0, 0.05) is 22.6 Å². The van der Waals surface area contributed by atoms with E-state index >= 15 is 0 Å². The van der Waals surface area contributed by atoms with Crippen LogP contribution in [0.2, 0.25) is 0 Å². The van der Waals surface area contributed by atoms with Crippen molar-refractivity contribution in [2.24, 2.45) is 5.14 Å². The maximum atomic E-state index is 12.0. The lowest BCUT2D eigenvalue weighted by Gasteiger charge is -2.11. The Morgan fingerprint density at radius 2 is 1.68 bits per heavy atom. The van der Waals surface area contributed by atoms with Crippen LogP contribution >= 0.6 is 0 Å². The van der Waals surface area contributed by atoms with Gasteiger partial charge in [0.05, 0.1) is 11.2 Å². The van der Waals surface area contributed by atoms with Crippen LogP contribution in [0.25, 0.3) is 22.3 Å². The van der Waals surface area contributed by atoms with E-state index in [1.165, 1.54) is 6.07 Å². The van der Waals surface area contributed by atoms with E-state index in [2.05, 4.69) is 6.58 Å². The van der Waals surface area contributed by atoms with Gasteiger partial charge >= 0.3 is 0 Å². The van der Waals surface area contributed by atoms with Gasteiger partial charge in [-0.05, 0) is 11.6 Å². The molecule has 3 aromatic rings. The molecule has 0 spiro atoms. The first-order chi connectivity index (χ1) is 11.9. The molecule has 1 atom stereocenters. The maximum absolute atomic E-state index is 12.0. The molecule has 1 unspecified atom stereocenters. The molecule has 0 saturated carbocycles. The molecule has 25 heavy (non-hydrogen) atoms. The number of furan rings is 1. The number of allylic oxidation sites excluding steroid dienone is 1. The van der Waals surface area contributed by atoms with E-state index in [1.807, 2.05) is 37.3 Å². The fourth-order valence-corrected chi connectivity index (χ4v) is 3.61. The van der Waals surface area contributed by atoms with Crippen LogP contribution in [0.4, 0.5) is 0 Å². The summed E-state index contributed by atoms with van der Waals surface area (Å²) >= 11 is 0. The first kappa shape index (κ1) is 17.2. The highest BCUT2D eigenvalue weighted by Gasteiger charge is 2.23. The average molecular weight is 353 g/mol. The van der Waals surface area contributed by atoms with Gasteiger partial charge in [0.2, 0.25) is 10.0 Å². The minimum Gasteiger partial charge on any atom is -0.467 e. The van der Waals surface area contributed by atoms with Gasteiger partial charge in [-0.2, -0.15) is 0 Å². The van der Waals surface area contributed by atoms with Gasteiger partial charge in [0.1, 0.15) is 5.76 Å². The van der Waals surface area contributed by atoms with Crippen molar-refractivity contribution in [3.63, 3.8) is 0 Å². The highest BCUT2D eigenvalue weighted by Crippen LogP contribution is 2.41. The highest BCUT2D eigenvalue weighted by molar-refractivity contribution is 7.89. The highest BCUT2D eigenvalue weighted by atomic mass is 32.2. The molecule has 4 nitrogen and oxygen atoms in total. The van der Waals surface area contributed by atoms with E-state index in [0.717, 1.165) is 16.9 Å². The molecule has 3 rings (SSSR count). The molecule has 2 N–H and O–H groups in total. The molecule has 0 radical (unpaired) electrons. The van der Waals surface area contributed by atoms with Gasteiger partial charge in [-0.25, -0.2) is 13.6 Å². The third-order valence-electron chi connectivity index (χ3n) is 4.13. The van der Waals surface area contributed by atoms with Crippen molar-refractivity contribution in [2.75, 3.05) is 0 Å². The van der Waals surface area contributed by atoms with Gasteiger partial charge in [-0.15, -0.1) is 6.58 Å². The third kappa shape index (κ3) is 3.29. The minimum absolute atomic E-state index is 0.0226. The Kier molecular flexibility index (Phi) is 4.61. The molecule has 1 aromatic heterocycles. The van der Waals surface area contributed by atoms with E-state index in [9.17, 15) is 8.42 Å². The average Bonchev–Trinajstić information content (AvgIpc) is 3.06. The van der Waals surface area contributed by atoms with Crippen molar-refractivity contribution < 1.29 is 12.8 Å². The molecular weight excluding hydrogens is 334 g/mol. The number of nitrogens with two attached hydrogens (primary N) is 1. The summed E-state index contributed by atoms with van der Waals surface area (Å²) < 4.78 is 29.8. The second kappa shape index (κ2) is 6.70. The van der Waals surface area contributed by atoms with Crippen molar-refractivity contribution in [3.8, 4) is 22.3 Å². The van der Waals surface area contributed by atoms with Crippen LogP contribution in [0.15, 0.2) is 82.8 Å². The summed E-state index contributed by atoms with van der Waals surface area (Å²) in [7, 11) is -3.86. The topological polar surface area (TPSA) is 73.3 Å².